The molecule has 1 fully saturated rings. The molecule has 0 unspecified atom stereocenters. The Morgan fingerprint density at radius 1 is 1.17 bits per heavy atom. The van der Waals surface area contributed by atoms with E-state index in [1.165, 1.54) is 16.8 Å². The lowest BCUT2D eigenvalue weighted by atomic mass is 10.1. The Balaban J connectivity index is 1.87. The smallest absolute Gasteiger partial charge is 0.318 e. The molecule has 1 heterocycles. The van der Waals surface area contributed by atoms with Crippen molar-refractivity contribution in [3.05, 3.63) is 29.3 Å². The van der Waals surface area contributed by atoms with Crippen LogP contribution >= 0.6 is 0 Å². The number of anilines is 1. The summed E-state index contributed by atoms with van der Waals surface area (Å²) in [5, 5.41) is 8.60. The Kier molecular flexibility index (Phi) is 5.64. The molecule has 1 saturated heterocycles. The number of rotatable bonds is 6. The van der Waals surface area contributed by atoms with Gasteiger partial charge in [0.15, 0.2) is 9.84 Å². The highest BCUT2D eigenvalue weighted by molar-refractivity contribution is 7.92. The van der Waals surface area contributed by atoms with Crippen molar-refractivity contribution in [2.45, 2.75) is 13.8 Å². The standard InChI is InChI=1S/C16H24N2O4S/c1-13-4-3-5-15(14(13)2)18-8-6-17(7-9-18)10-11-23(21,22)12-16(19)20/h3-5H,6-12H2,1-2H3,(H,19,20). The van der Waals surface area contributed by atoms with Gasteiger partial charge in [-0.1, -0.05) is 12.1 Å². The molecule has 7 heteroatoms. The molecule has 0 atom stereocenters. The van der Waals surface area contributed by atoms with Crippen LogP contribution in [-0.4, -0.2) is 68.6 Å². The Morgan fingerprint density at radius 3 is 2.43 bits per heavy atom. The molecule has 0 spiro atoms. The summed E-state index contributed by atoms with van der Waals surface area (Å²) in [6, 6.07) is 6.28. The third-order valence-electron chi connectivity index (χ3n) is 4.35. The van der Waals surface area contributed by atoms with E-state index in [4.69, 9.17) is 5.11 Å². The molecule has 2 rings (SSSR count). The van der Waals surface area contributed by atoms with E-state index in [0.717, 1.165) is 26.2 Å². The molecule has 0 saturated carbocycles. The maximum absolute atomic E-state index is 11.6. The van der Waals surface area contributed by atoms with Gasteiger partial charge < -0.3 is 10.0 Å². The Labute approximate surface area is 137 Å². The minimum atomic E-state index is -3.51. The van der Waals surface area contributed by atoms with Crippen LogP contribution in [0.3, 0.4) is 0 Å². The van der Waals surface area contributed by atoms with E-state index in [9.17, 15) is 13.2 Å². The van der Waals surface area contributed by atoms with Crippen LogP contribution in [0.1, 0.15) is 11.1 Å². The van der Waals surface area contributed by atoms with E-state index in [1.54, 1.807) is 0 Å². The van der Waals surface area contributed by atoms with Gasteiger partial charge in [0.25, 0.3) is 0 Å². The monoisotopic (exact) mass is 340 g/mol. The number of sulfone groups is 1. The molecule has 0 bridgehead atoms. The van der Waals surface area contributed by atoms with Crippen LogP contribution in [0.25, 0.3) is 0 Å². The van der Waals surface area contributed by atoms with Gasteiger partial charge in [0.1, 0.15) is 5.75 Å². The van der Waals surface area contributed by atoms with Crippen molar-refractivity contribution in [1.82, 2.24) is 4.90 Å². The molecule has 0 amide bonds. The minimum Gasteiger partial charge on any atom is -0.480 e. The molecular weight excluding hydrogens is 316 g/mol. The highest BCUT2D eigenvalue weighted by atomic mass is 32.2. The molecule has 128 valence electrons. The molecule has 0 aromatic heterocycles. The van der Waals surface area contributed by atoms with E-state index < -0.39 is 21.6 Å². The molecule has 0 radical (unpaired) electrons. The number of hydrogen-bond donors (Lipinski definition) is 1. The first-order valence-electron chi connectivity index (χ1n) is 7.74. The summed E-state index contributed by atoms with van der Waals surface area (Å²) in [5.41, 5.74) is 3.79. The molecule has 1 aliphatic heterocycles. The Bertz CT molecular complexity index is 665. The van der Waals surface area contributed by atoms with Gasteiger partial charge in [0, 0.05) is 38.4 Å². The summed E-state index contributed by atoms with van der Waals surface area (Å²) in [4.78, 5) is 14.9. The molecule has 0 aliphatic carbocycles. The summed E-state index contributed by atoms with van der Waals surface area (Å²) < 4.78 is 23.3. The Hall–Kier alpha value is -1.60. The van der Waals surface area contributed by atoms with Crippen LogP contribution < -0.4 is 4.90 Å². The fourth-order valence-corrected chi connectivity index (χ4v) is 3.88. The van der Waals surface area contributed by atoms with Crippen LogP contribution in [0.4, 0.5) is 5.69 Å². The van der Waals surface area contributed by atoms with Crippen molar-refractivity contribution in [3.8, 4) is 0 Å². The number of carboxylic acids is 1. The van der Waals surface area contributed by atoms with Crippen molar-refractivity contribution >= 4 is 21.5 Å². The predicted octanol–water partition coefficient (Wildman–Crippen LogP) is 0.925. The molecule has 6 nitrogen and oxygen atoms in total. The summed E-state index contributed by atoms with van der Waals surface area (Å²) in [7, 11) is -3.51. The zero-order valence-electron chi connectivity index (χ0n) is 13.7. The van der Waals surface area contributed by atoms with Crippen LogP contribution in [0.15, 0.2) is 18.2 Å². The number of hydrogen-bond acceptors (Lipinski definition) is 5. The van der Waals surface area contributed by atoms with Gasteiger partial charge in [0.05, 0.1) is 5.75 Å². The second kappa shape index (κ2) is 7.31. The van der Waals surface area contributed by atoms with Crippen LogP contribution in [-0.2, 0) is 14.6 Å². The van der Waals surface area contributed by atoms with Crippen LogP contribution in [0, 0.1) is 13.8 Å². The maximum Gasteiger partial charge on any atom is 0.318 e. The lowest BCUT2D eigenvalue weighted by molar-refractivity contribution is -0.134. The van der Waals surface area contributed by atoms with Gasteiger partial charge in [-0.15, -0.1) is 0 Å². The fourth-order valence-electron chi connectivity index (χ4n) is 2.82. The van der Waals surface area contributed by atoms with Gasteiger partial charge in [-0.3, -0.25) is 9.69 Å². The topological polar surface area (TPSA) is 77.9 Å². The number of carbonyl (C=O) groups is 1. The molecule has 1 N–H and O–H groups in total. The molecule has 1 aromatic carbocycles. The first kappa shape index (κ1) is 17.7. The molecule has 1 aromatic rings. The van der Waals surface area contributed by atoms with Gasteiger partial charge >= 0.3 is 5.97 Å². The molecule has 1 aliphatic rings. The average Bonchev–Trinajstić information content (AvgIpc) is 2.47. The summed E-state index contributed by atoms with van der Waals surface area (Å²) in [6.07, 6.45) is 0. The van der Waals surface area contributed by atoms with Crippen LogP contribution in [0.2, 0.25) is 0 Å². The number of aliphatic carboxylic acids is 1. The van der Waals surface area contributed by atoms with E-state index in [-0.39, 0.29) is 5.75 Å². The quantitative estimate of drug-likeness (QED) is 0.830. The first-order valence-corrected chi connectivity index (χ1v) is 9.56. The van der Waals surface area contributed by atoms with Gasteiger partial charge in [-0.05, 0) is 31.0 Å². The summed E-state index contributed by atoms with van der Waals surface area (Å²) in [5.74, 6) is -2.16. The largest absolute Gasteiger partial charge is 0.480 e. The van der Waals surface area contributed by atoms with Crippen molar-refractivity contribution in [3.63, 3.8) is 0 Å². The Morgan fingerprint density at radius 2 is 1.83 bits per heavy atom. The molecule has 23 heavy (non-hydrogen) atoms. The normalized spacial score (nSPS) is 16.5. The second-order valence-electron chi connectivity index (χ2n) is 6.03. The average molecular weight is 340 g/mol. The molecular formula is C16H24N2O4S. The highest BCUT2D eigenvalue weighted by Crippen LogP contribution is 2.23. The lowest BCUT2D eigenvalue weighted by Crippen LogP contribution is -2.48. The van der Waals surface area contributed by atoms with Gasteiger partial charge in [-0.25, -0.2) is 8.42 Å². The maximum atomic E-state index is 11.6. The van der Waals surface area contributed by atoms with E-state index in [2.05, 4.69) is 41.8 Å². The van der Waals surface area contributed by atoms with E-state index in [0.29, 0.717) is 6.54 Å². The van der Waals surface area contributed by atoms with Crippen molar-refractivity contribution in [1.29, 1.82) is 0 Å². The third-order valence-corrected chi connectivity index (χ3v) is 5.84. The number of aryl methyl sites for hydroxylation is 1. The zero-order valence-corrected chi connectivity index (χ0v) is 14.5. The summed E-state index contributed by atoms with van der Waals surface area (Å²) in [6.45, 7) is 7.90. The first-order chi connectivity index (χ1) is 10.8. The third kappa shape index (κ3) is 4.94. The van der Waals surface area contributed by atoms with Crippen LogP contribution in [0.5, 0.6) is 0 Å². The van der Waals surface area contributed by atoms with Crippen molar-refractivity contribution < 1.29 is 18.3 Å². The number of carboxylic acid groups (broad SMARTS) is 1. The predicted molar refractivity (Wildman–Crippen MR) is 90.9 cm³/mol. The fraction of sp³-hybridized carbons (Fsp3) is 0.562. The number of piperazine rings is 1. The minimum absolute atomic E-state index is 0.0945. The van der Waals surface area contributed by atoms with E-state index in [1.807, 2.05) is 0 Å². The van der Waals surface area contributed by atoms with Gasteiger partial charge in [-0.2, -0.15) is 0 Å². The highest BCUT2D eigenvalue weighted by Gasteiger charge is 2.21. The number of nitrogens with zero attached hydrogens (tertiary/aromatic N) is 2. The second-order valence-corrected chi connectivity index (χ2v) is 8.22. The zero-order chi connectivity index (χ0) is 17.0. The van der Waals surface area contributed by atoms with E-state index >= 15 is 0 Å². The SMILES string of the molecule is Cc1cccc(N2CCN(CCS(=O)(=O)CC(=O)O)CC2)c1C. The lowest BCUT2D eigenvalue weighted by Gasteiger charge is -2.37. The van der Waals surface area contributed by atoms with Gasteiger partial charge in [0.2, 0.25) is 0 Å². The number of benzene rings is 1. The van der Waals surface area contributed by atoms with Crippen molar-refractivity contribution in [2.24, 2.45) is 0 Å². The van der Waals surface area contributed by atoms with Crippen molar-refractivity contribution in [2.75, 3.05) is 49.1 Å². The summed E-state index contributed by atoms with van der Waals surface area (Å²) >= 11 is 0.